The van der Waals surface area contributed by atoms with Gasteiger partial charge in [-0.15, -0.1) is 0 Å². The van der Waals surface area contributed by atoms with Crippen molar-refractivity contribution in [1.82, 2.24) is 9.78 Å². The molecule has 0 saturated carbocycles. The van der Waals surface area contributed by atoms with Crippen LogP contribution in [0.2, 0.25) is 0 Å². The Morgan fingerprint density at radius 2 is 2.30 bits per heavy atom. The van der Waals surface area contributed by atoms with Crippen LogP contribution < -0.4 is 0 Å². The van der Waals surface area contributed by atoms with Crippen LogP contribution >= 0.6 is 22.6 Å². The molecule has 1 aromatic heterocycles. The lowest BCUT2D eigenvalue weighted by molar-refractivity contribution is 0.0562. The molecular weight excluding hydrogens is 253 g/mol. The van der Waals surface area contributed by atoms with Gasteiger partial charge in [0.25, 0.3) is 0 Å². The Morgan fingerprint density at radius 3 is 2.50 bits per heavy atom. The van der Waals surface area contributed by atoms with Gasteiger partial charge in [-0.2, -0.15) is 13.9 Å². The lowest BCUT2D eigenvalue weighted by atomic mass is 10.5. The van der Waals surface area contributed by atoms with Crippen molar-refractivity contribution in [2.75, 3.05) is 0 Å². The summed E-state index contributed by atoms with van der Waals surface area (Å²) in [6, 6.07) is 0. The highest BCUT2D eigenvalue weighted by atomic mass is 127. The molecule has 0 atom stereocenters. The Labute approximate surface area is 70.4 Å². The van der Waals surface area contributed by atoms with Gasteiger partial charge >= 0.3 is 6.55 Å². The molecule has 0 aliphatic rings. The minimum atomic E-state index is -2.53. The maximum absolute atomic E-state index is 11.9. The highest BCUT2D eigenvalue weighted by Gasteiger charge is 2.08. The van der Waals surface area contributed by atoms with E-state index in [0.717, 1.165) is 3.57 Å². The molecule has 0 unspecified atom stereocenters. The SMILES string of the molecule is Cc1nn(C(F)F)cc1I. The van der Waals surface area contributed by atoms with Crippen LogP contribution in [0.1, 0.15) is 12.2 Å². The molecule has 5 heteroatoms. The van der Waals surface area contributed by atoms with Crippen LogP contribution in [0.4, 0.5) is 8.78 Å². The highest BCUT2D eigenvalue weighted by Crippen LogP contribution is 2.14. The number of hydrogen-bond donors (Lipinski definition) is 0. The number of rotatable bonds is 1. The van der Waals surface area contributed by atoms with Crippen molar-refractivity contribution in [3.05, 3.63) is 15.5 Å². The number of alkyl halides is 2. The van der Waals surface area contributed by atoms with Crippen molar-refractivity contribution in [3.8, 4) is 0 Å². The van der Waals surface area contributed by atoms with E-state index in [4.69, 9.17) is 0 Å². The molecule has 0 aliphatic heterocycles. The van der Waals surface area contributed by atoms with Crippen LogP contribution in [-0.4, -0.2) is 9.78 Å². The minimum Gasteiger partial charge on any atom is -0.210 e. The van der Waals surface area contributed by atoms with Gasteiger partial charge in [-0.3, -0.25) is 0 Å². The van der Waals surface area contributed by atoms with Crippen LogP contribution in [-0.2, 0) is 0 Å². The summed E-state index contributed by atoms with van der Waals surface area (Å²) in [7, 11) is 0. The van der Waals surface area contributed by atoms with Crippen LogP contribution in [0.5, 0.6) is 0 Å². The number of nitrogens with zero attached hydrogens (tertiary/aromatic N) is 2. The lowest BCUT2D eigenvalue weighted by Gasteiger charge is -1.94. The highest BCUT2D eigenvalue weighted by molar-refractivity contribution is 14.1. The molecule has 2 nitrogen and oxygen atoms in total. The van der Waals surface area contributed by atoms with Crippen molar-refractivity contribution < 1.29 is 8.78 Å². The first-order valence-corrected chi connectivity index (χ1v) is 3.68. The maximum Gasteiger partial charge on any atom is 0.333 e. The normalized spacial score (nSPS) is 10.9. The zero-order valence-electron chi connectivity index (χ0n) is 5.18. The topological polar surface area (TPSA) is 17.8 Å². The largest absolute Gasteiger partial charge is 0.333 e. The Balaban J connectivity index is 2.98. The number of aromatic nitrogens is 2. The predicted octanol–water partition coefficient (Wildman–Crippen LogP) is 2.19. The molecule has 10 heavy (non-hydrogen) atoms. The van der Waals surface area contributed by atoms with Gasteiger partial charge in [0.1, 0.15) is 0 Å². The molecule has 1 aromatic rings. The molecule has 0 aromatic carbocycles. The molecule has 56 valence electrons. The second-order valence-electron chi connectivity index (χ2n) is 1.82. The Morgan fingerprint density at radius 1 is 1.70 bits per heavy atom. The van der Waals surface area contributed by atoms with E-state index in [1.54, 1.807) is 6.92 Å². The maximum atomic E-state index is 11.9. The summed E-state index contributed by atoms with van der Waals surface area (Å²) in [5, 5.41) is 3.57. The van der Waals surface area contributed by atoms with E-state index in [0.29, 0.717) is 10.4 Å². The van der Waals surface area contributed by atoms with Crippen molar-refractivity contribution >= 4 is 22.6 Å². The zero-order valence-corrected chi connectivity index (χ0v) is 7.34. The summed E-state index contributed by atoms with van der Waals surface area (Å²) >= 11 is 1.96. The average Bonchev–Trinajstić information content (AvgIpc) is 2.13. The van der Waals surface area contributed by atoms with Gasteiger partial charge < -0.3 is 0 Å². The van der Waals surface area contributed by atoms with E-state index in [2.05, 4.69) is 5.10 Å². The van der Waals surface area contributed by atoms with Crippen LogP contribution in [0.25, 0.3) is 0 Å². The molecule has 0 bridgehead atoms. The van der Waals surface area contributed by atoms with Crippen LogP contribution in [0, 0.1) is 10.5 Å². The summed E-state index contributed by atoms with van der Waals surface area (Å²) < 4.78 is 25.1. The number of hydrogen-bond acceptors (Lipinski definition) is 1. The number of halogens is 3. The fraction of sp³-hybridized carbons (Fsp3) is 0.400. The van der Waals surface area contributed by atoms with E-state index in [-0.39, 0.29) is 0 Å². The van der Waals surface area contributed by atoms with Gasteiger partial charge in [-0.05, 0) is 29.5 Å². The molecule has 0 saturated heterocycles. The molecule has 1 rings (SSSR count). The van der Waals surface area contributed by atoms with Crippen LogP contribution in [0.3, 0.4) is 0 Å². The first-order chi connectivity index (χ1) is 4.61. The van der Waals surface area contributed by atoms with Crippen molar-refractivity contribution in [2.45, 2.75) is 13.5 Å². The van der Waals surface area contributed by atoms with E-state index >= 15 is 0 Å². The predicted molar refractivity (Wildman–Crippen MR) is 40.9 cm³/mol. The molecule has 0 spiro atoms. The van der Waals surface area contributed by atoms with Gasteiger partial charge in [0.05, 0.1) is 9.26 Å². The van der Waals surface area contributed by atoms with Crippen molar-refractivity contribution in [3.63, 3.8) is 0 Å². The van der Waals surface area contributed by atoms with Gasteiger partial charge in [-0.25, -0.2) is 4.68 Å². The molecule has 0 fully saturated rings. The third-order valence-corrected chi connectivity index (χ3v) is 2.12. The average molecular weight is 258 g/mol. The van der Waals surface area contributed by atoms with Gasteiger partial charge in [0, 0.05) is 6.20 Å². The second-order valence-corrected chi connectivity index (χ2v) is 2.98. The van der Waals surface area contributed by atoms with E-state index in [9.17, 15) is 8.78 Å². The molecular formula is C5H5F2IN2. The molecule has 0 N–H and O–H groups in total. The smallest absolute Gasteiger partial charge is 0.210 e. The second kappa shape index (κ2) is 2.81. The Kier molecular flexibility index (Phi) is 2.22. The molecule has 0 radical (unpaired) electrons. The summed E-state index contributed by atoms with van der Waals surface area (Å²) in [6.07, 6.45) is 1.32. The van der Waals surface area contributed by atoms with Crippen LogP contribution in [0.15, 0.2) is 6.20 Å². The quantitative estimate of drug-likeness (QED) is 0.706. The summed E-state index contributed by atoms with van der Waals surface area (Å²) in [6.45, 7) is -0.831. The number of aryl methyl sites for hydroxylation is 1. The Bertz CT molecular complexity index is 214. The monoisotopic (exact) mass is 258 g/mol. The summed E-state index contributed by atoms with van der Waals surface area (Å²) in [4.78, 5) is 0. The third-order valence-electron chi connectivity index (χ3n) is 1.06. The fourth-order valence-corrected chi connectivity index (χ4v) is 0.953. The first-order valence-electron chi connectivity index (χ1n) is 2.60. The summed E-state index contributed by atoms with van der Waals surface area (Å²) in [5.41, 5.74) is 0.640. The van der Waals surface area contributed by atoms with E-state index in [1.165, 1.54) is 6.20 Å². The molecule has 1 heterocycles. The molecule has 0 aliphatic carbocycles. The fourth-order valence-electron chi connectivity index (χ4n) is 0.559. The summed E-state index contributed by atoms with van der Waals surface area (Å²) in [5.74, 6) is 0. The zero-order chi connectivity index (χ0) is 7.72. The van der Waals surface area contributed by atoms with Crippen molar-refractivity contribution in [2.24, 2.45) is 0 Å². The lowest BCUT2D eigenvalue weighted by Crippen LogP contribution is -1.97. The van der Waals surface area contributed by atoms with E-state index in [1.807, 2.05) is 22.6 Å². The first kappa shape index (κ1) is 7.90. The minimum absolute atomic E-state index is 0.640. The van der Waals surface area contributed by atoms with Gasteiger partial charge in [0.2, 0.25) is 0 Å². The molecule has 0 amide bonds. The van der Waals surface area contributed by atoms with Gasteiger partial charge in [-0.1, -0.05) is 0 Å². The van der Waals surface area contributed by atoms with E-state index < -0.39 is 6.55 Å². The van der Waals surface area contributed by atoms with Crippen molar-refractivity contribution in [1.29, 1.82) is 0 Å². The standard InChI is InChI=1S/C5H5F2IN2/c1-3-4(8)2-10(9-3)5(6)7/h2,5H,1H3. The van der Waals surface area contributed by atoms with Gasteiger partial charge in [0.15, 0.2) is 0 Å². The Hall–Kier alpha value is -0.200. The third kappa shape index (κ3) is 1.44.